The number of nitrogens with one attached hydrogen (secondary N) is 1. The Morgan fingerprint density at radius 1 is 1.59 bits per heavy atom. The van der Waals surface area contributed by atoms with Crippen molar-refractivity contribution in [2.45, 2.75) is 12.5 Å². The molecule has 1 aromatic heterocycles. The van der Waals surface area contributed by atoms with Crippen molar-refractivity contribution in [1.29, 1.82) is 0 Å². The number of aromatic nitrogens is 1. The number of rotatable bonds is 4. The Morgan fingerprint density at radius 2 is 2.36 bits per heavy atom. The van der Waals surface area contributed by atoms with Crippen molar-refractivity contribution in [2.75, 3.05) is 20.2 Å². The van der Waals surface area contributed by atoms with Crippen LogP contribution < -0.4 is 61.2 Å². The number of aromatic amines is 1. The molecule has 110 valence electrons. The summed E-state index contributed by atoms with van der Waals surface area (Å²) in [4.78, 5) is 16.7. The average Bonchev–Trinajstić information content (AvgIpc) is 2.84. The first kappa shape index (κ1) is 17.7. The molecule has 1 aliphatic heterocycles. The van der Waals surface area contributed by atoms with Crippen LogP contribution in [0.15, 0.2) is 30.9 Å². The van der Waals surface area contributed by atoms with Crippen molar-refractivity contribution in [2.24, 2.45) is 0 Å². The fourth-order valence-corrected chi connectivity index (χ4v) is 3.07. The van der Waals surface area contributed by atoms with Gasteiger partial charge in [-0.15, -0.1) is 6.58 Å². The van der Waals surface area contributed by atoms with Crippen LogP contribution in [0.25, 0.3) is 10.9 Å². The summed E-state index contributed by atoms with van der Waals surface area (Å²) in [6.07, 6.45) is 2.51. The molecule has 1 aromatic carbocycles. The molecule has 0 saturated carbocycles. The zero-order chi connectivity index (χ0) is 15.0. The number of hydrogen-bond acceptors (Lipinski definition) is 4. The Morgan fingerprint density at radius 3 is 3.00 bits per heavy atom. The molecule has 2 aromatic rings. The Labute approximate surface area is 171 Å². The van der Waals surface area contributed by atoms with E-state index in [1.165, 1.54) is 0 Å². The third-order valence-electron chi connectivity index (χ3n) is 4.02. The quantitative estimate of drug-likeness (QED) is 0.523. The number of carbonyl (C=O) groups excluding carboxylic acids is 1. The van der Waals surface area contributed by atoms with Gasteiger partial charge >= 0.3 is 51.4 Å². The number of hydrogen-bond donors (Lipinski definition) is 1. The molecule has 0 radical (unpaired) electrons. The minimum Gasteiger partial charge on any atom is -0.548 e. The standard InChI is InChI=1S/C16H18N2O3.K/c1-3-7-18-8-6-11-12-9-10(21-2)4-5-13(12)17-14(11)15(18)16(19)20;/h3-5,9,15,17H,1,6-8H2,2H3,(H,19,20);/q;+1/p-1. The molecule has 22 heavy (non-hydrogen) atoms. The van der Waals surface area contributed by atoms with Gasteiger partial charge in [0.15, 0.2) is 0 Å². The normalized spacial score (nSPS) is 17.6. The van der Waals surface area contributed by atoms with Crippen molar-refractivity contribution >= 4 is 16.9 Å². The van der Waals surface area contributed by atoms with Crippen molar-refractivity contribution in [3.63, 3.8) is 0 Å². The molecule has 0 aliphatic carbocycles. The number of methoxy groups -OCH3 is 1. The van der Waals surface area contributed by atoms with Crippen LogP contribution in [0.1, 0.15) is 17.3 Å². The predicted molar refractivity (Wildman–Crippen MR) is 78.1 cm³/mol. The molecule has 1 N–H and O–H groups in total. The van der Waals surface area contributed by atoms with Crippen molar-refractivity contribution in [1.82, 2.24) is 9.88 Å². The van der Waals surface area contributed by atoms with Gasteiger partial charge in [-0.1, -0.05) is 6.08 Å². The Hall–Kier alpha value is -0.634. The number of carbonyl (C=O) groups is 1. The third kappa shape index (κ3) is 3.04. The SMILES string of the molecule is C=CCN1CCc2c([nH]c3ccc(OC)cc23)C1C(=O)[O-].[K+]. The Balaban J connectivity index is 0.00000176. The van der Waals surface area contributed by atoms with Gasteiger partial charge in [-0.3, -0.25) is 4.90 Å². The van der Waals surface area contributed by atoms with Crippen LogP contribution in [-0.4, -0.2) is 36.1 Å². The van der Waals surface area contributed by atoms with Gasteiger partial charge in [0.05, 0.1) is 19.1 Å². The maximum Gasteiger partial charge on any atom is 1.00 e. The van der Waals surface area contributed by atoms with E-state index in [-0.39, 0.29) is 51.4 Å². The van der Waals surface area contributed by atoms with E-state index in [1.54, 1.807) is 13.2 Å². The molecule has 1 atom stereocenters. The van der Waals surface area contributed by atoms with Gasteiger partial charge < -0.3 is 19.6 Å². The van der Waals surface area contributed by atoms with Crippen LogP contribution in [0, 0.1) is 0 Å². The summed E-state index contributed by atoms with van der Waals surface area (Å²) in [5.41, 5.74) is 2.68. The van der Waals surface area contributed by atoms with Crippen LogP contribution >= 0.6 is 0 Å². The molecule has 5 nitrogen and oxygen atoms in total. The van der Waals surface area contributed by atoms with E-state index in [1.807, 2.05) is 23.1 Å². The summed E-state index contributed by atoms with van der Waals surface area (Å²) in [6, 6.07) is 4.96. The maximum atomic E-state index is 11.6. The molecular weight excluding hydrogens is 307 g/mol. The second-order valence-corrected chi connectivity index (χ2v) is 5.18. The van der Waals surface area contributed by atoms with E-state index in [0.717, 1.165) is 28.6 Å². The van der Waals surface area contributed by atoms with Crippen LogP contribution in [0.3, 0.4) is 0 Å². The van der Waals surface area contributed by atoms with E-state index in [0.29, 0.717) is 18.8 Å². The molecule has 2 heterocycles. The fourth-order valence-electron chi connectivity index (χ4n) is 3.07. The molecule has 0 bridgehead atoms. The molecule has 0 spiro atoms. The summed E-state index contributed by atoms with van der Waals surface area (Å²) in [7, 11) is 1.62. The molecule has 3 rings (SSSR count). The van der Waals surface area contributed by atoms with Gasteiger partial charge in [0.25, 0.3) is 0 Å². The zero-order valence-electron chi connectivity index (χ0n) is 12.9. The predicted octanol–water partition coefficient (Wildman–Crippen LogP) is -1.98. The van der Waals surface area contributed by atoms with E-state index < -0.39 is 12.0 Å². The number of benzene rings is 1. The van der Waals surface area contributed by atoms with Crippen molar-refractivity contribution < 1.29 is 66.0 Å². The number of ether oxygens (including phenoxy) is 1. The average molecular weight is 324 g/mol. The number of fused-ring (bicyclic) bond motifs is 3. The minimum atomic E-state index is -1.09. The van der Waals surface area contributed by atoms with Gasteiger partial charge in [0.1, 0.15) is 5.75 Å². The molecule has 1 unspecified atom stereocenters. The maximum absolute atomic E-state index is 11.6. The first-order valence-corrected chi connectivity index (χ1v) is 6.90. The second-order valence-electron chi connectivity index (χ2n) is 5.18. The van der Waals surface area contributed by atoms with Crippen molar-refractivity contribution in [3.8, 4) is 5.75 Å². The van der Waals surface area contributed by atoms with Gasteiger partial charge in [-0.05, 0) is 30.2 Å². The summed E-state index contributed by atoms with van der Waals surface area (Å²) in [6.45, 7) is 4.88. The summed E-state index contributed by atoms with van der Waals surface area (Å²) in [5, 5.41) is 12.6. The molecule has 0 amide bonds. The number of carboxylic acid groups (broad SMARTS) is 1. The van der Waals surface area contributed by atoms with E-state index in [2.05, 4.69) is 11.6 Å². The Kier molecular flexibility index (Phi) is 5.87. The summed E-state index contributed by atoms with van der Waals surface area (Å²) in [5.74, 6) is -0.320. The van der Waals surface area contributed by atoms with Gasteiger partial charge in [0, 0.05) is 29.7 Å². The smallest absolute Gasteiger partial charge is 0.548 e. The molecule has 6 heteroatoms. The van der Waals surface area contributed by atoms with Gasteiger partial charge in [0.2, 0.25) is 0 Å². The first-order chi connectivity index (χ1) is 10.2. The monoisotopic (exact) mass is 324 g/mol. The topological polar surface area (TPSA) is 68.4 Å². The number of aliphatic carboxylic acids is 1. The van der Waals surface area contributed by atoms with E-state index in [9.17, 15) is 9.90 Å². The number of H-pyrrole nitrogens is 1. The van der Waals surface area contributed by atoms with Crippen LogP contribution in [0.4, 0.5) is 0 Å². The van der Waals surface area contributed by atoms with Gasteiger partial charge in [-0.25, -0.2) is 0 Å². The molecule has 1 aliphatic rings. The second kappa shape index (κ2) is 7.29. The zero-order valence-corrected chi connectivity index (χ0v) is 16.0. The van der Waals surface area contributed by atoms with Gasteiger partial charge in [-0.2, -0.15) is 0 Å². The van der Waals surface area contributed by atoms with Crippen molar-refractivity contribution in [3.05, 3.63) is 42.1 Å². The first-order valence-electron chi connectivity index (χ1n) is 6.90. The fraction of sp³-hybridized carbons (Fsp3) is 0.312. The number of carboxylic acids is 1. The molecule has 0 fully saturated rings. The largest absolute Gasteiger partial charge is 1.00 e. The number of nitrogens with zero attached hydrogens (tertiary/aromatic N) is 1. The van der Waals surface area contributed by atoms with E-state index in [4.69, 9.17) is 4.74 Å². The van der Waals surface area contributed by atoms with E-state index >= 15 is 0 Å². The van der Waals surface area contributed by atoms with Crippen LogP contribution in [0.2, 0.25) is 0 Å². The molecular formula is C16H17KN2O3. The Bertz CT molecular complexity index is 711. The van der Waals surface area contributed by atoms with Crippen LogP contribution in [0.5, 0.6) is 5.75 Å². The molecule has 0 saturated heterocycles. The third-order valence-corrected chi connectivity index (χ3v) is 4.02. The summed E-state index contributed by atoms with van der Waals surface area (Å²) < 4.78 is 5.25. The van der Waals surface area contributed by atoms with Crippen LogP contribution in [-0.2, 0) is 11.2 Å². The minimum absolute atomic E-state index is 0. The summed E-state index contributed by atoms with van der Waals surface area (Å²) >= 11 is 0.